The number of aromatic nitrogens is 2. The van der Waals surface area contributed by atoms with Crippen molar-refractivity contribution in [1.29, 1.82) is 0 Å². The highest BCUT2D eigenvalue weighted by molar-refractivity contribution is 5.85. The molecule has 20 heavy (non-hydrogen) atoms. The van der Waals surface area contributed by atoms with E-state index >= 15 is 0 Å². The van der Waals surface area contributed by atoms with Gasteiger partial charge >= 0.3 is 5.97 Å². The summed E-state index contributed by atoms with van der Waals surface area (Å²) in [6.45, 7) is 4.05. The van der Waals surface area contributed by atoms with Gasteiger partial charge in [-0.2, -0.15) is 5.10 Å². The third-order valence-corrected chi connectivity index (χ3v) is 2.79. The van der Waals surface area contributed by atoms with Crippen LogP contribution in [0.25, 0.3) is 11.8 Å². The standard InChI is InChI=1S/C15H15FN2O2/c1-10(2)14-5-6-18(17-14)13-8-11(3-4-15(19)20)7-12(16)9-13/h3-10H,1-2H3,(H,19,20)/b4-3+. The fourth-order valence-corrected chi connectivity index (χ4v) is 1.78. The van der Waals surface area contributed by atoms with Crippen LogP contribution in [0.4, 0.5) is 4.39 Å². The first-order valence-electron chi connectivity index (χ1n) is 6.23. The normalized spacial score (nSPS) is 11.4. The molecule has 0 unspecified atom stereocenters. The summed E-state index contributed by atoms with van der Waals surface area (Å²) in [6, 6.07) is 6.19. The number of halogens is 1. The Kier molecular flexibility index (Phi) is 3.98. The maximum atomic E-state index is 13.6. The molecule has 1 heterocycles. The summed E-state index contributed by atoms with van der Waals surface area (Å²) in [4.78, 5) is 10.5. The molecule has 0 amide bonds. The summed E-state index contributed by atoms with van der Waals surface area (Å²) in [5.74, 6) is -1.22. The molecule has 1 aromatic carbocycles. The van der Waals surface area contributed by atoms with E-state index in [9.17, 15) is 9.18 Å². The summed E-state index contributed by atoms with van der Waals surface area (Å²) >= 11 is 0. The summed E-state index contributed by atoms with van der Waals surface area (Å²) in [6.07, 6.45) is 4.08. The van der Waals surface area contributed by atoms with Crippen molar-refractivity contribution in [3.8, 4) is 5.69 Å². The molecule has 0 aliphatic carbocycles. The molecule has 0 bridgehead atoms. The van der Waals surface area contributed by atoms with Gasteiger partial charge in [-0.05, 0) is 41.8 Å². The van der Waals surface area contributed by atoms with Gasteiger partial charge in [-0.1, -0.05) is 13.8 Å². The fraction of sp³-hybridized carbons (Fsp3) is 0.200. The van der Waals surface area contributed by atoms with E-state index in [0.717, 1.165) is 11.8 Å². The molecular formula is C15H15FN2O2. The maximum absolute atomic E-state index is 13.6. The molecule has 1 N–H and O–H groups in total. The van der Waals surface area contributed by atoms with Crippen molar-refractivity contribution >= 4 is 12.0 Å². The third kappa shape index (κ3) is 3.32. The predicted molar refractivity (Wildman–Crippen MR) is 74.3 cm³/mol. The van der Waals surface area contributed by atoms with Gasteiger partial charge in [-0.25, -0.2) is 13.9 Å². The lowest BCUT2D eigenvalue weighted by atomic mass is 10.1. The zero-order valence-electron chi connectivity index (χ0n) is 11.2. The van der Waals surface area contributed by atoms with Gasteiger partial charge < -0.3 is 5.11 Å². The van der Waals surface area contributed by atoms with E-state index in [1.165, 1.54) is 18.2 Å². The number of hydrogen-bond donors (Lipinski definition) is 1. The Bertz CT molecular complexity index is 660. The lowest BCUT2D eigenvalue weighted by molar-refractivity contribution is -0.131. The van der Waals surface area contributed by atoms with Crippen molar-refractivity contribution < 1.29 is 14.3 Å². The van der Waals surface area contributed by atoms with E-state index < -0.39 is 11.8 Å². The topological polar surface area (TPSA) is 55.1 Å². The van der Waals surface area contributed by atoms with Crippen LogP contribution in [0.2, 0.25) is 0 Å². The molecule has 104 valence electrons. The van der Waals surface area contributed by atoms with Crippen molar-refractivity contribution in [3.05, 3.63) is 53.6 Å². The monoisotopic (exact) mass is 274 g/mol. The van der Waals surface area contributed by atoms with E-state index in [1.807, 2.05) is 19.9 Å². The molecule has 5 heteroatoms. The lowest BCUT2D eigenvalue weighted by Crippen LogP contribution is -1.98. The van der Waals surface area contributed by atoms with Crippen LogP contribution in [0.15, 0.2) is 36.5 Å². The van der Waals surface area contributed by atoms with Gasteiger partial charge in [0.25, 0.3) is 0 Å². The van der Waals surface area contributed by atoms with Gasteiger partial charge in [-0.3, -0.25) is 0 Å². The number of rotatable bonds is 4. The number of carboxylic acids is 1. The molecule has 4 nitrogen and oxygen atoms in total. The number of carboxylic acid groups (broad SMARTS) is 1. The Morgan fingerprint density at radius 2 is 2.15 bits per heavy atom. The van der Waals surface area contributed by atoms with Crippen LogP contribution in [-0.2, 0) is 4.79 Å². The van der Waals surface area contributed by atoms with E-state index in [4.69, 9.17) is 5.11 Å². The Morgan fingerprint density at radius 3 is 2.75 bits per heavy atom. The molecule has 0 atom stereocenters. The highest BCUT2D eigenvalue weighted by Gasteiger charge is 2.06. The molecule has 2 aromatic rings. The van der Waals surface area contributed by atoms with Crippen molar-refractivity contribution in [3.63, 3.8) is 0 Å². The second-order valence-electron chi connectivity index (χ2n) is 4.75. The molecule has 2 rings (SSSR count). The largest absolute Gasteiger partial charge is 0.478 e. The molecule has 0 fully saturated rings. The molecule has 0 spiro atoms. The first-order chi connectivity index (χ1) is 9.45. The number of carbonyl (C=O) groups is 1. The number of hydrogen-bond acceptors (Lipinski definition) is 2. The number of nitrogens with zero attached hydrogens (tertiary/aromatic N) is 2. The number of benzene rings is 1. The van der Waals surface area contributed by atoms with Crippen LogP contribution in [-0.4, -0.2) is 20.9 Å². The fourth-order valence-electron chi connectivity index (χ4n) is 1.78. The minimum absolute atomic E-state index is 0.288. The zero-order chi connectivity index (χ0) is 14.7. The lowest BCUT2D eigenvalue weighted by Gasteiger charge is -2.04. The van der Waals surface area contributed by atoms with Crippen LogP contribution in [0.1, 0.15) is 31.0 Å². The highest BCUT2D eigenvalue weighted by Crippen LogP contribution is 2.17. The first kappa shape index (κ1) is 14.0. The molecule has 0 radical (unpaired) electrons. The summed E-state index contributed by atoms with van der Waals surface area (Å²) in [5.41, 5.74) is 1.95. The van der Waals surface area contributed by atoms with E-state index in [2.05, 4.69) is 5.10 Å². The van der Waals surface area contributed by atoms with Gasteiger partial charge in [-0.15, -0.1) is 0 Å². The van der Waals surface area contributed by atoms with E-state index in [0.29, 0.717) is 11.3 Å². The van der Waals surface area contributed by atoms with E-state index in [1.54, 1.807) is 16.9 Å². The average Bonchev–Trinajstić information content (AvgIpc) is 2.85. The smallest absolute Gasteiger partial charge is 0.328 e. The van der Waals surface area contributed by atoms with Crippen molar-refractivity contribution in [2.45, 2.75) is 19.8 Å². The Labute approximate surface area is 116 Å². The summed E-state index contributed by atoms with van der Waals surface area (Å²) < 4.78 is 15.2. The molecule has 0 aliphatic heterocycles. The van der Waals surface area contributed by atoms with Gasteiger partial charge in [0.15, 0.2) is 0 Å². The minimum atomic E-state index is -1.07. The van der Waals surface area contributed by atoms with Gasteiger partial charge in [0.1, 0.15) is 5.82 Å². The SMILES string of the molecule is CC(C)c1ccn(-c2cc(F)cc(/C=C/C(=O)O)c2)n1. The number of aliphatic carboxylic acids is 1. The van der Waals surface area contributed by atoms with Crippen LogP contribution in [0, 0.1) is 5.82 Å². The predicted octanol–water partition coefficient (Wildman–Crippen LogP) is 3.23. The van der Waals surface area contributed by atoms with Crippen molar-refractivity contribution in [2.75, 3.05) is 0 Å². The third-order valence-electron chi connectivity index (χ3n) is 2.79. The molecule has 0 saturated carbocycles. The average molecular weight is 274 g/mol. The van der Waals surface area contributed by atoms with Crippen LogP contribution in [0.3, 0.4) is 0 Å². The maximum Gasteiger partial charge on any atom is 0.328 e. The summed E-state index contributed by atoms with van der Waals surface area (Å²) in [5, 5.41) is 13.0. The zero-order valence-corrected chi connectivity index (χ0v) is 11.2. The Morgan fingerprint density at radius 1 is 1.40 bits per heavy atom. The highest BCUT2D eigenvalue weighted by atomic mass is 19.1. The molecular weight excluding hydrogens is 259 g/mol. The first-order valence-corrected chi connectivity index (χ1v) is 6.23. The quantitative estimate of drug-likeness (QED) is 0.871. The van der Waals surface area contributed by atoms with Crippen molar-refractivity contribution in [1.82, 2.24) is 9.78 Å². The molecule has 0 saturated heterocycles. The van der Waals surface area contributed by atoms with Crippen LogP contribution in [0.5, 0.6) is 0 Å². The van der Waals surface area contributed by atoms with E-state index in [-0.39, 0.29) is 5.92 Å². The Hall–Kier alpha value is -2.43. The van der Waals surface area contributed by atoms with Crippen LogP contribution < -0.4 is 0 Å². The van der Waals surface area contributed by atoms with Crippen LogP contribution >= 0.6 is 0 Å². The van der Waals surface area contributed by atoms with Crippen molar-refractivity contribution in [2.24, 2.45) is 0 Å². The minimum Gasteiger partial charge on any atom is -0.478 e. The van der Waals surface area contributed by atoms with Gasteiger partial charge in [0, 0.05) is 12.3 Å². The molecule has 1 aromatic heterocycles. The second-order valence-corrected chi connectivity index (χ2v) is 4.75. The van der Waals surface area contributed by atoms with Gasteiger partial charge in [0.2, 0.25) is 0 Å². The van der Waals surface area contributed by atoms with Gasteiger partial charge in [0.05, 0.1) is 11.4 Å². The second kappa shape index (κ2) is 5.69. The Balaban J connectivity index is 2.38. The molecule has 0 aliphatic rings. The summed E-state index contributed by atoms with van der Waals surface area (Å²) in [7, 11) is 0.